The largest absolute Gasteiger partial charge is 0.308 e. The van der Waals surface area contributed by atoms with E-state index in [9.17, 15) is 0 Å². The van der Waals surface area contributed by atoms with Gasteiger partial charge in [-0.1, -0.05) is 20.8 Å². The quantitative estimate of drug-likeness (QED) is 0.921. The molecule has 0 spiro atoms. The number of hydrogen-bond acceptors (Lipinski definition) is 4. The zero-order valence-corrected chi connectivity index (χ0v) is 15.3. The van der Waals surface area contributed by atoms with E-state index < -0.39 is 0 Å². The molecule has 4 heteroatoms. The molecule has 2 rings (SSSR count). The molecule has 1 aliphatic rings. The second-order valence-electron chi connectivity index (χ2n) is 7.60. The average molecular weight is 310 g/mol. The van der Waals surface area contributed by atoms with Gasteiger partial charge in [-0.05, 0) is 46.7 Å². The second-order valence-corrected chi connectivity index (χ2v) is 8.46. The van der Waals surface area contributed by atoms with Crippen molar-refractivity contribution in [3.05, 3.63) is 16.1 Å². The summed E-state index contributed by atoms with van der Waals surface area (Å²) in [5.41, 5.74) is 1.43. The van der Waals surface area contributed by atoms with Crippen LogP contribution in [-0.2, 0) is 11.0 Å². The van der Waals surface area contributed by atoms with Crippen molar-refractivity contribution in [3.8, 4) is 0 Å². The van der Waals surface area contributed by atoms with Crippen LogP contribution in [0.15, 0.2) is 5.38 Å². The smallest absolute Gasteiger partial charge is 0.113 e. The number of rotatable bonds is 3. The highest BCUT2D eigenvalue weighted by Gasteiger charge is 2.36. The topological polar surface area (TPSA) is 28.2 Å². The molecule has 120 valence electrons. The third-order valence-corrected chi connectivity index (χ3v) is 5.81. The lowest BCUT2D eigenvalue weighted by molar-refractivity contribution is 0.220. The Balaban J connectivity index is 2.23. The fraction of sp³-hybridized carbons (Fsp3) is 0.824. The van der Waals surface area contributed by atoms with Crippen molar-refractivity contribution in [1.29, 1.82) is 0 Å². The highest BCUT2D eigenvalue weighted by molar-refractivity contribution is 7.09. The van der Waals surface area contributed by atoms with Crippen LogP contribution in [0.5, 0.6) is 0 Å². The molecule has 0 saturated carbocycles. The molecular weight excluding hydrogens is 278 g/mol. The Labute approximate surface area is 134 Å². The summed E-state index contributed by atoms with van der Waals surface area (Å²) in [5.74, 6) is 0. The maximum Gasteiger partial charge on any atom is 0.113 e. The van der Waals surface area contributed by atoms with Gasteiger partial charge in [-0.2, -0.15) is 0 Å². The summed E-state index contributed by atoms with van der Waals surface area (Å²) < 4.78 is 0. The maximum absolute atomic E-state index is 5.00. The van der Waals surface area contributed by atoms with E-state index in [2.05, 4.69) is 57.3 Å². The Hall–Kier alpha value is -0.450. The minimum atomic E-state index is 0.0673. The zero-order valence-electron chi connectivity index (χ0n) is 14.5. The third-order valence-electron chi connectivity index (χ3n) is 4.77. The molecule has 1 unspecified atom stereocenters. The van der Waals surface area contributed by atoms with Gasteiger partial charge in [0.1, 0.15) is 5.01 Å². The van der Waals surface area contributed by atoms with Gasteiger partial charge in [-0.3, -0.25) is 0 Å². The van der Waals surface area contributed by atoms with Crippen LogP contribution in [0, 0.1) is 0 Å². The molecule has 3 nitrogen and oxygen atoms in total. The van der Waals surface area contributed by atoms with E-state index in [1.165, 1.54) is 30.1 Å². The minimum absolute atomic E-state index is 0.0673. The van der Waals surface area contributed by atoms with Crippen LogP contribution < -0.4 is 5.32 Å². The van der Waals surface area contributed by atoms with Gasteiger partial charge in [0.05, 0.1) is 11.2 Å². The molecular formula is C17H31N3S. The first-order chi connectivity index (χ1) is 9.78. The molecule has 2 heterocycles. The maximum atomic E-state index is 5.00. The number of nitrogens with one attached hydrogen (secondary N) is 1. The molecule has 1 fully saturated rings. The van der Waals surface area contributed by atoms with E-state index in [1.54, 1.807) is 0 Å². The van der Waals surface area contributed by atoms with E-state index >= 15 is 0 Å². The summed E-state index contributed by atoms with van der Waals surface area (Å²) in [6, 6.07) is 0.638. The Kier molecular flexibility index (Phi) is 5.11. The summed E-state index contributed by atoms with van der Waals surface area (Å²) in [5, 5.41) is 7.15. The van der Waals surface area contributed by atoms with Crippen molar-refractivity contribution in [2.45, 2.75) is 70.9 Å². The summed E-state index contributed by atoms with van der Waals surface area (Å²) in [7, 11) is 2.10. The lowest BCUT2D eigenvalue weighted by Crippen LogP contribution is -2.41. The molecule has 1 atom stereocenters. The first kappa shape index (κ1) is 16.9. The fourth-order valence-electron chi connectivity index (χ4n) is 3.08. The normalized spacial score (nSPS) is 25.3. The number of likely N-dealkylation sites (tertiary alicyclic amines) is 1. The fourth-order valence-corrected chi connectivity index (χ4v) is 4.39. The van der Waals surface area contributed by atoms with E-state index in [1.807, 2.05) is 11.3 Å². The lowest BCUT2D eigenvalue weighted by atomic mass is 9.90. The number of hydrogen-bond donors (Lipinski definition) is 1. The summed E-state index contributed by atoms with van der Waals surface area (Å²) in [4.78, 5) is 7.59. The van der Waals surface area contributed by atoms with Crippen LogP contribution in [0.2, 0.25) is 0 Å². The predicted molar refractivity (Wildman–Crippen MR) is 92.1 cm³/mol. The van der Waals surface area contributed by atoms with E-state index in [-0.39, 0.29) is 11.0 Å². The van der Waals surface area contributed by atoms with Crippen LogP contribution in [0.25, 0.3) is 0 Å². The number of aromatic nitrogens is 1. The summed E-state index contributed by atoms with van der Waals surface area (Å²) >= 11 is 1.83. The first-order valence-corrected chi connectivity index (χ1v) is 9.06. The van der Waals surface area contributed by atoms with Gasteiger partial charge >= 0.3 is 0 Å². The minimum Gasteiger partial charge on any atom is -0.308 e. The molecule has 1 aromatic heterocycles. The van der Waals surface area contributed by atoms with Crippen molar-refractivity contribution >= 4 is 11.3 Å². The van der Waals surface area contributed by atoms with Crippen LogP contribution in [0.1, 0.15) is 64.6 Å². The highest BCUT2D eigenvalue weighted by atomic mass is 32.1. The second kappa shape index (κ2) is 6.35. The van der Waals surface area contributed by atoms with Crippen molar-refractivity contribution in [1.82, 2.24) is 15.2 Å². The van der Waals surface area contributed by atoms with Crippen LogP contribution in [0.3, 0.4) is 0 Å². The van der Waals surface area contributed by atoms with Crippen molar-refractivity contribution in [3.63, 3.8) is 0 Å². The monoisotopic (exact) mass is 309 g/mol. The molecule has 0 amide bonds. The van der Waals surface area contributed by atoms with E-state index in [0.717, 1.165) is 13.0 Å². The molecule has 0 bridgehead atoms. The van der Waals surface area contributed by atoms with Crippen molar-refractivity contribution < 1.29 is 0 Å². The summed E-state index contributed by atoms with van der Waals surface area (Å²) in [6.45, 7) is 13.7. The van der Waals surface area contributed by atoms with Gasteiger partial charge < -0.3 is 10.2 Å². The van der Waals surface area contributed by atoms with E-state index in [0.29, 0.717) is 6.04 Å². The zero-order chi connectivity index (χ0) is 15.7. The highest BCUT2D eigenvalue weighted by Crippen LogP contribution is 2.36. The van der Waals surface area contributed by atoms with Gasteiger partial charge in [0, 0.05) is 23.4 Å². The molecule has 0 aromatic carbocycles. The van der Waals surface area contributed by atoms with Crippen LogP contribution in [-0.4, -0.2) is 36.1 Å². The van der Waals surface area contributed by atoms with Gasteiger partial charge in [0.15, 0.2) is 0 Å². The molecule has 1 saturated heterocycles. The number of nitrogens with zero attached hydrogens (tertiary/aromatic N) is 2. The molecule has 1 N–H and O–H groups in total. The van der Waals surface area contributed by atoms with Gasteiger partial charge in [-0.25, -0.2) is 4.98 Å². The van der Waals surface area contributed by atoms with Gasteiger partial charge in [0.25, 0.3) is 0 Å². The molecule has 21 heavy (non-hydrogen) atoms. The van der Waals surface area contributed by atoms with Crippen LogP contribution >= 0.6 is 11.3 Å². The Morgan fingerprint density at radius 2 is 2.00 bits per heavy atom. The van der Waals surface area contributed by atoms with Gasteiger partial charge in [-0.15, -0.1) is 11.3 Å². The lowest BCUT2D eigenvalue weighted by Gasteiger charge is -2.31. The molecule has 1 aliphatic heterocycles. The van der Waals surface area contributed by atoms with Gasteiger partial charge in [0.2, 0.25) is 0 Å². The average Bonchev–Trinajstić information content (AvgIpc) is 2.80. The van der Waals surface area contributed by atoms with Crippen LogP contribution in [0.4, 0.5) is 0 Å². The van der Waals surface area contributed by atoms with Crippen molar-refractivity contribution in [2.24, 2.45) is 0 Å². The standard InChI is InChI=1S/C17H31N3S/c1-13(2)20-10-7-8-17(18-6,9-11-20)15-19-14(12-21-15)16(3,4)5/h12-13,18H,7-11H2,1-6H3. The Bertz CT molecular complexity index is 461. The molecule has 1 aromatic rings. The molecule has 0 aliphatic carbocycles. The van der Waals surface area contributed by atoms with E-state index in [4.69, 9.17) is 4.98 Å². The molecule has 0 radical (unpaired) electrons. The SMILES string of the molecule is CNC1(c2nc(C(C)(C)C)cs2)CCCN(C(C)C)CC1. The summed E-state index contributed by atoms with van der Waals surface area (Å²) in [6.07, 6.45) is 3.58. The van der Waals surface area contributed by atoms with Crippen molar-refractivity contribution in [2.75, 3.05) is 20.1 Å². The Morgan fingerprint density at radius 3 is 2.52 bits per heavy atom. The first-order valence-electron chi connectivity index (χ1n) is 8.18. The Morgan fingerprint density at radius 1 is 1.29 bits per heavy atom. The predicted octanol–water partition coefficient (Wildman–Crippen LogP) is 3.75. The number of thiazole rings is 1. The third kappa shape index (κ3) is 3.66.